The smallest absolute Gasteiger partial charge is 0.306 e. The Morgan fingerprint density at radius 1 is 1.12 bits per heavy atom. The fraction of sp³-hybridized carbons (Fsp3) is 0.579. The first-order valence-electron chi connectivity index (χ1n) is 8.73. The summed E-state index contributed by atoms with van der Waals surface area (Å²) in [7, 11) is 1.77. The Kier molecular flexibility index (Phi) is 9.77. The average Bonchev–Trinajstić information content (AvgIpc) is 2.62. The van der Waals surface area contributed by atoms with Crippen LogP contribution in [0.25, 0.3) is 0 Å². The van der Waals surface area contributed by atoms with Gasteiger partial charge < -0.3 is 15.0 Å². The third kappa shape index (κ3) is 8.11. The summed E-state index contributed by atoms with van der Waals surface area (Å²) in [4.78, 5) is 25.4. The second-order valence-electron chi connectivity index (χ2n) is 5.93. The van der Waals surface area contributed by atoms with Crippen molar-refractivity contribution in [2.75, 3.05) is 20.1 Å². The van der Waals surface area contributed by atoms with E-state index in [0.29, 0.717) is 12.6 Å². The fourth-order valence-corrected chi connectivity index (χ4v) is 2.35. The van der Waals surface area contributed by atoms with Crippen molar-refractivity contribution in [1.29, 1.82) is 0 Å². The summed E-state index contributed by atoms with van der Waals surface area (Å²) in [6, 6.07) is 10.0. The maximum atomic E-state index is 12.0. The van der Waals surface area contributed by atoms with Crippen LogP contribution >= 0.6 is 0 Å². The van der Waals surface area contributed by atoms with Crippen molar-refractivity contribution in [2.24, 2.45) is 0 Å². The summed E-state index contributed by atoms with van der Waals surface area (Å²) in [5.74, 6) is -0.367. The standard InChI is InChI=1S/C19H30N2O3/c1-4-17(5-2)20-13-14-21(3)18(22)11-12-19(23)24-15-16-9-7-6-8-10-16/h6-10,17,20H,4-5,11-15H2,1-3H3. The molecule has 0 aliphatic carbocycles. The Morgan fingerprint density at radius 3 is 2.42 bits per heavy atom. The van der Waals surface area contributed by atoms with Crippen LogP contribution in [-0.2, 0) is 20.9 Å². The van der Waals surface area contributed by atoms with E-state index in [2.05, 4.69) is 19.2 Å². The number of carbonyl (C=O) groups excluding carboxylic acids is 2. The molecule has 5 nitrogen and oxygen atoms in total. The lowest BCUT2D eigenvalue weighted by Crippen LogP contribution is -2.37. The third-order valence-corrected chi connectivity index (χ3v) is 4.08. The summed E-state index contributed by atoms with van der Waals surface area (Å²) in [6.45, 7) is 5.97. The van der Waals surface area contributed by atoms with Gasteiger partial charge in [0.05, 0.1) is 6.42 Å². The van der Waals surface area contributed by atoms with Crippen molar-refractivity contribution < 1.29 is 14.3 Å². The fourth-order valence-electron chi connectivity index (χ4n) is 2.35. The molecule has 5 heteroatoms. The molecule has 0 bridgehead atoms. The number of hydrogen-bond acceptors (Lipinski definition) is 4. The van der Waals surface area contributed by atoms with E-state index in [9.17, 15) is 9.59 Å². The molecule has 24 heavy (non-hydrogen) atoms. The van der Waals surface area contributed by atoms with Crippen molar-refractivity contribution in [3.8, 4) is 0 Å². The van der Waals surface area contributed by atoms with Crippen LogP contribution in [0.2, 0.25) is 0 Å². The molecule has 0 saturated heterocycles. The minimum Gasteiger partial charge on any atom is -0.461 e. The highest BCUT2D eigenvalue weighted by Gasteiger charge is 2.12. The highest BCUT2D eigenvalue weighted by molar-refractivity contribution is 5.81. The van der Waals surface area contributed by atoms with E-state index in [-0.39, 0.29) is 31.3 Å². The molecule has 1 aromatic rings. The van der Waals surface area contributed by atoms with E-state index in [1.165, 1.54) is 0 Å². The second-order valence-corrected chi connectivity index (χ2v) is 5.93. The van der Waals surface area contributed by atoms with Gasteiger partial charge in [-0.1, -0.05) is 44.2 Å². The first-order valence-corrected chi connectivity index (χ1v) is 8.73. The van der Waals surface area contributed by atoms with Crippen LogP contribution < -0.4 is 5.32 Å². The van der Waals surface area contributed by atoms with Gasteiger partial charge in [-0.25, -0.2) is 0 Å². The van der Waals surface area contributed by atoms with E-state index < -0.39 is 0 Å². The Labute approximate surface area is 145 Å². The van der Waals surface area contributed by atoms with Crippen molar-refractivity contribution >= 4 is 11.9 Å². The lowest BCUT2D eigenvalue weighted by atomic mass is 10.2. The molecule has 0 spiro atoms. The zero-order valence-electron chi connectivity index (χ0n) is 15.1. The highest BCUT2D eigenvalue weighted by Crippen LogP contribution is 2.04. The van der Waals surface area contributed by atoms with Crippen LogP contribution in [0.4, 0.5) is 0 Å². The topological polar surface area (TPSA) is 58.6 Å². The van der Waals surface area contributed by atoms with Gasteiger partial charge >= 0.3 is 5.97 Å². The largest absolute Gasteiger partial charge is 0.461 e. The molecule has 1 amide bonds. The second kappa shape index (κ2) is 11.6. The molecule has 0 aliphatic rings. The molecule has 1 rings (SSSR count). The van der Waals surface area contributed by atoms with Gasteiger partial charge in [0.25, 0.3) is 0 Å². The predicted molar refractivity (Wildman–Crippen MR) is 95.5 cm³/mol. The summed E-state index contributed by atoms with van der Waals surface area (Å²) in [6.07, 6.45) is 2.48. The molecule has 0 fully saturated rings. The lowest BCUT2D eigenvalue weighted by Gasteiger charge is -2.20. The number of nitrogens with one attached hydrogen (secondary N) is 1. The summed E-state index contributed by atoms with van der Waals surface area (Å²) >= 11 is 0. The normalized spacial score (nSPS) is 10.7. The number of esters is 1. The van der Waals surface area contributed by atoms with Crippen LogP contribution in [-0.4, -0.2) is 43.0 Å². The quantitative estimate of drug-likeness (QED) is 0.632. The van der Waals surface area contributed by atoms with Crippen molar-refractivity contribution in [3.05, 3.63) is 35.9 Å². The molecular weight excluding hydrogens is 304 g/mol. The van der Waals surface area contributed by atoms with E-state index in [1.807, 2.05) is 30.3 Å². The number of ether oxygens (including phenoxy) is 1. The van der Waals surface area contributed by atoms with E-state index in [4.69, 9.17) is 4.74 Å². The first-order chi connectivity index (χ1) is 11.6. The van der Waals surface area contributed by atoms with Gasteiger partial charge in [-0.15, -0.1) is 0 Å². The number of amides is 1. The number of likely N-dealkylation sites (N-methyl/N-ethyl adjacent to an activating group) is 1. The van der Waals surface area contributed by atoms with Gasteiger partial charge in [-0.2, -0.15) is 0 Å². The Hall–Kier alpha value is -1.88. The lowest BCUT2D eigenvalue weighted by molar-refractivity contribution is -0.147. The predicted octanol–water partition coefficient (Wildman–Crippen LogP) is 2.75. The Morgan fingerprint density at radius 2 is 1.79 bits per heavy atom. The number of rotatable bonds is 11. The van der Waals surface area contributed by atoms with Gasteiger partial charge in [0, 0.05) is 32.6 Å². The monoisotopic (exact) mass is 334 g/mol. The molecule has 134 valence electrons. The number of nitrogens with zero attached hydrogens (tertiary/aromatic N) is 1. The maximum absolute atomic E-state index is 12.0. The van der Waals surface area contributed by atoms with Gasteiger partial charge in [-0.05, 0) is 18.4 Å². The molecule has 0 unspecified atom stereocenters. The van der Waals surface area contributed by atoms with E-state index in [0.717, 1.165) is 24.9 Å². The van der Waals surface area contributed by atoms with Crippen LogP contribution in [0, 0.1) is 0 Å². The number of benzene rings is 1. The molecule has 1 N–H and O–H groups in total. The summed E-state index contributed by atoms with van der Waals surface area (Å²) in [5.41, 5.74) is 0.946. The number of carbonyl (C=O) groups is 2. The van der Waals surface area contributed by atoms with Gasteiger partial charge in [0.1, 0.15) is 6.61 Å². The molecule has 1 aromatic carbocycles. The Bertz CT molecular complexity index is 487. The van der Waals surface area contributed by atoms with Crippen LogP contribution in [0.5, 0.6) is 0 Å². The van der Waals surface area contributed by atoms with E-state index >= 15 is 0 Å². The molecule has 0 saturated carbocycles. The average molecular weight is 334 g/mol. The molecule has 0 atom stereocenters. The van der Waals surface area contributed by atoms with Gasteiger partial charge in [-0.3, -0.25) is 9.59 Å². The summed E-state index contributed by atoms with van der Waals surface area (Å²) in [5, 5.41) is 3.42. The zero-order valence-corrected chi connectivity index (χ0v) is 15.1. The first kappa shape index (κ1) is 20.2. The van der Waals surface area contributed by atoms with Crippen molar-refractivity contribution in [2.45, 2.75) is 52.2 Å². The Balaban J connectivity index is 2.18. The van der Waals surface area contributed by atoms with Crippen LogP contribution in [0.1, 0.15) is 45.1 Å². The van der Waals surface area contributed by atoms with Gasteiger partial charge in [0.15, 0.2) is 0 Å². The number of hydrogen-bond donors (Lipinski definition) is 1. The highest BCUT2D eigenvalue weighted by atomic mass is 16.5. The molecule has 0 aliphatic heterocycles. The molecular formula is C19H30N2O3. The third-order valence-electron chi connectivity index (χ3n) is 4.08. The summed E-state index contributed by atoms with van der Waals surface area (Å²) < 4.78 is 5.18. The molecule has 0 aromatic heterocycles. The minimum absolute atomic E-state index is 0.0296. The van der Waals surface area contributed by atoms with E-state index in [1.54, 1.807) is 11.9 Å². The zero-order chi connectivity index (χ0) is 17.8. The van der Waals surface area contributed by atoms with Crippen molar-refractivity contribution in [1.82, 2.24) is 10.2 Å². The van der Waals surface area contributed by atoms with Crippen molar-refractivity contribution in [3.63, 3.8) is 0 Å². The van der Waals surface area contributed by atoms with Crippen LogP contribution in [0.15, 0.2) is 30.3 Å². The van der Waals surface area contributed by atoms with Gasteiger partial charge in [0.2, 0.25) is 5.91 Å². The molecule has 0 radical (unpaired) electrons. The molecule has 0 heterocycles. The SMILES string of the molecule is CCC(CC)NCCN(C)C(=O)CCC(=O)OCc1ccccc1. The van der Waals surface area contributed by atoms with Crippen LogP contribution in [0.3, 0.4) is 0 Å². The maximum Gasteiger partial charge on any atom is 0.306 e. The minimum atomic E-state index is -0.337.